The standard InChI is InChI=1S/C13H18ClN/c1-9(8-15)11-6-5-10-3-2-4-13(14)12(10)7-11/h2-4,9,11H,5-8,15H2,1H3. The second-order valence-electron chi connectivity index (χ2n) is 4.59. The molecular formula is C13H18ClN. The van der Waals surface area contributed by atoms with Gasteiger partial charge in [0.1, 0.15) is 0 Å². The zero-order valence-electron chi connectivity index (χ0n) is 9.17. The first-order valence-electron chi connectivity index (χ1n) is 5.68. The largest absolute Gasteiger partial charge is 0.330 e. The lowest BCUT2D eigenvalue weighted by Gasteiger charge is -2.29. The van der Waals surface area contributed by atoms with Crippen molar-refractivity contribution in [3.8, 4) is 0 Å². The molecule has 1 aromatic rings. The quantitative estimate of drug-likeness (QED) is 0.820. The van der Waals surface area contributed by atoms with Gasteiger partial charge in [0.25, 0.3) is 0 Å². The molecule has 1 aromatic carbocycles. The van der Waals surface area contributed by atoms with Crippen molar-refractivity contribution in [2.24, 2.45) is 17.6 Å². The third-order valence-electron chi connectivity index (χ3n) is 3.64. The Morgan fingerprint density at radius 3 is 3.07 bits per heavy atom. The highest BCUT2D eigenvalue weighted by Crippen LogP contribution is 2.33. The van der Waals surface area contributed by atoms with Gasteiger partial charge in [0.15, 0.2) is 0 Å². The van der Waals surface area contributed by atoms with Crippen molar-refractivity contribution in [1.82, 2.24) is 0 Å². The van der Waals surface area contributed by atoms with E-state index in [2.05, 4.69) is 13.0 Å². The van der Waals surface area contributed by atoms with Crippen LogP contribution < -0.4 is 5.73 Å². The van der Waals surface area contributed by atoms with Crippen molar-refractivity contribution in [3.05, 3.63) is 34.3 Å². The predicted octanol–water partition coefficient (Wildman–Crippen LogP) is 3.04. The van der Waals surface area contributed by atoms with E-state index in [1.807, 2.05) is 12.1 Å². The van der Waals surface area contributed by atoms with E-state index in [9.17, 15) is 0 Å². The Hall–Kier alpha value is -0.530. The molecule has 15 heavy (non-hydrogen) atoms. The molecule has 2 unspecified atom stereocenters. The van der Waals surface area contributed by atoms with Gasteiger partial charge in [-0.25, -0.2) is 0 Å². The monoisotopic (exact) mass is 223 g/mol. The summed E-state index contributed by atoms with van der Waals surface area (Å²) in [5, 5.41) is 0.932. The predicted molar refractivity (Wildman–Crippen MR) is 65.2 cm³/mol. The van der Waals surface area contributed by atoms with Gasteiger partial charge in [-0.15, -0.1) is 0 Å². The van der Waals surface area contributed by atoms with E-state index in [1.54, 1.807) is 0 Å². The van der Waals surface area contributed by atoms with Crippen molar-refractivity contribution in [3.63, 3.8) is 0 Å². The van der Waals surface area contributed by atoms with E-state index in [4.69, 9.17) is 17.3 Å². The summed E-state index contributed by atoms with van der Waals surface area (Å²) in [4.78, 5) is 0. The summed E-state index contributed by atoms with van der Waals surface area (Å²) in [5.41, 5.74) is 8.52. The fourth-order valence-electron chi connectivity index (χ4n) is 2.45. The van der Waals surface area contributed by atoms with Crippen LogP contribution in [0.15, 0.2) is 18.2 Å². The maximum absolute atomic E-state index is 6.22. The van der Waals surface area contributed by atoms with Gasteiger partial charge < -0.3 is 5.73 Å². The van der Waals surface area contributed by atoms with Crippen LogP contribution in [-0.4, -0.2) is 6.54 Å². The van der Waals surface area contributed by atoms with Crippen molar-refractivity contribution < 1.29 is 0 Å². The summed E-state index contributed by atoms with van der Waals surface area (Å²) >= 11 is 6.22. The van der Waals surface area contributed by atoms with E-state index in [-0.39, 0.29) is 0 Å². The van der Waals surface area contributed by atoms with Gasteiger partial charge in [0.2, 0.25) is 0 Å². The van der Waals surface area contributed by atoms with Crippen molar-refractivity contribution in [2.75, 3.05) is 6.54 Å². The van der Waals surface area contributed by atoms with Gasteiger partial charge in [-0.1, -0.05) is 30.7 Å². The van der Waals surface area contributed by atoms with Gasteiger partial charge in [0, 0.05) is 5.02 Å². The molecule has 0 amide bonds. The van der Waals surface area contributed by atoms with Gasteiger partial charge in [-0.2, -0.15) is 0 Å². The molecule has 2 heteroatoms. The van der Waals surface area contributed by atoms with E-state index in [1.165, 1.54) is 17.5 Å². The van der Waals surface area contributed by atoms with E-state index in [0.717, 1.165) is 24.4 Å². The van der Waals surface area contributed by atoms with E-state index in [0.29, 0.717) is 11.8 Å². The Morgan fingerprint density at radius 2 is 2.33 bits per heavy atom. The Bertz CT molecular complexity index is 348. The molecular weight excluding hydrogens is 206 g/mol. The lowest BCUT2D eigenvalue weighted by molar-refractivity contribution is 0.327. The lowest BCUT2D eigenvalue weighted by Crippen LogP contribution is -2.26. The fourth-order valence-corrected chi connectivity index (χ4v) is 2.72. The molecule has 0 aromatic heterocycles. The van der Waals surface area contributed by atoms with Crippen LogP contribution in [0.25, 0.3) is 0 Å². The highest BCUT2D eigenvalue weighted by molar-refractivity contribution is 6.31. The minimum atomic E-state index is 0.606. The van der Waals surface area contributed by atoms with Crippen LogP contribution in [-0.2, 0) is 12.8 Å². The maximum Gasteiger partial charge on any atom is 0.0440 e. The Labute approximate surface area is 96.6 Å². The van der Waals surface area contributed by atoms with Crippen LogP contribution in [0.4, 0.5) is 0 Å². The maximum atomic E-state index is 6.22. The summed E-state index contributed by atoms with van der Waals surface area (Å²) in [7, 11) is 0. The molecule has 0 heterocycles. The number of benzene rings is 1. The summed E-state index contributed by atoms with van der Waals surface area (Å²) < 4.78 is 0. The number of halogens is 1. The lowest BCUT2D eigenvalue weighted by atomic mass is 9.78. The van der Waals surface area contributed by atoms with Gasteiger partial charge >= 0.3 is 0 Å². The molecule has 1 aliphatic carbocycles. The average molecular weight is 224 g/mol. The van der Waals surface area contributed by atoms with Gasteiger partial charge in [-0.3, -0.25) is 0 Å². The number of hydrogen-bond donors (Lipinski definition) is 1. The number of aryl methyl sites for hydroxylation is 1. The topological polar surface area (TPSA) is 26.0 Å². The molecule has 0 radical (unpaired) electrons. The summed E-state index contributed by atoms with van der Waals surface area (Å²) in [6.45, 7) is 3.02. The normalized spacial score (nSPS) is 22.2. The Kier molecular flexibility index (Phi) is 3.32. The first-order valence-corrected chi connectivity index (χ1v) is 6.06. The zero-order chi connectivity index (χ0) is 10.8. The van der Waals surface area contributed by atoms with Crippen molar-refractivity contribution in [2.45, 2.75) is 26.2 Å². The van der Waals surface area contributed by atoms with Crippen LogP contribution in [0.3, 0.4) is 0 Å². The zero-order valence-corrected chi connectivity index (χ0v) is 9.93. The highest BCUT2D eigenvalue weighted by atomic mass is 35.5. The minimum absolute atomic E-state index is 0.606. The third kappa shape index (κ3) is 2.19. The molecule has 0 saturated carbocycles. The first kappa shape index (κ1) is 11.0. The molecule has 2 rings (SSSR count). The second kappa shape index (κ2) is 4.54. The average Bonchev–Trinajstić information content (AvgIpc) is 2.28. The van der Waals surface area contributed by atoms with Gasteiger partial charge in [-0.05, 0) is 54.8 Å². The second-order valence-corrected chi connectivity index (χ2v) is 5.00. The van der Waals surface area contributed by atoms with Gasteiger partial charge in [0.05, 0.1) is 0 Å². The van der Waals surface area contributed by atoms with E-state index >= 15 is 0 Å². The van der Waals surface area contributed by atoms with Crippen LogP contribution in [0.2, 0.25) is 5.02 Å². The van der Waals surface area contributed by atoms with Crippen LogP contribution >= 0.6 is 11.6 Å². The molecule has 2 N–H and O–H groups in total. The minimum Gasteiger partial charge on any atom is -0.330 e. The SMILES string of the molecule is CC(CN)C1CCc2cccc(Cl)c2C1. The molecule has 2 atom stereocenters. The molecule has 1 nitrogen and oxygen atoms in total. The smallest absolute Gasteiger partial charge is 0.0440 e. The molecule has 1 aliphatic rings. The number of nitrogens with two attached hydrogens (primary N) is 1. The van der Waals surface area contributed by atoms with Crippen molar-refractivity contribution in [1.29, 1.82) is 0 Å². The molecule has 0 spiro atoms. The third-order valence-corrected chi connectivity index (χ3v) is 4.00. The Morgan fingerprint density at radius 1 is 1.53 bits per heavy atom. The summed E-state index contributed by atoms with van der Waals surface area (Å²) in [5.74, 6) is 1.32. The summed E-state index contributed by atoms with van der Waals surface area (Å²) in [6.07, 6.45) is 3.52. The summed E-state index contributed by atoms with van der Waals surface area (Å²) in [6, 6.07) is 6.24. The van der Waals surface area contributed by atoms with Crippen LogP contribution in [0.5, 0.6) is 0 Å². The highest BCUT2D eigenvalue weighted by Gasteiger charge is 2.23. The molecule has 0 aliphatic heterocycles. The number of hydrogen-bond acceptors (Lipinski definition) is 1. The first-order chi connectivity index (χ1) is 7.22. The fraction of sp³-hybridized carbons (Fsp3) is 0.538. The molecule has 0 saturated heterocycles. The molecule has 82 valence electrons. The molecule has 0 bridgehead atoms. The number of fused-ring (bicyclic) bond motifs is 1. The Balaban J connectivity index is 2.22. The van der Waals surface area contributed by atoms with Crippen LogP contribution in [0.1, 0.15) is 24.5 Å². The van der Waals surface area contributed by atoms with Crippen molar-refractivity contribution >= 4 is 11.6 Å². The number of rotatable bonds is 2. The van der Waals surface area contributed by atoms with E-state index < -0.39 is 0 Å². The van der Waals surface area contributed by atoms with Crippen LogP contribution in [0, 0.1) is 11.8 Å². The molecule has 0 fully saturated rings.